The molecule has 2 bridgehead atoms. The van der Waals surface area contributed by atoms with E-state index in [1.807, 2.05) is 18.4 Å². The fraction of sp³-hybridized carbons (Fsp3) is 0.625. The number of ether oxygens (including phenoxy) is 3. The molecule has 1 saturated heterocycles. The van der Waals surface area contributed by atoms with Crippen molar-refractivity contribution in [3.8, 4) is 0 Å². The van der Waals surface area contributed by atoms with Crippen LogP contribution in [0, 0.1) is 0 Å². The number of rotatable bonds is 1. The van der Waals surface area contributed by atoms with Crippen LogP contribution in [0.4, 0.5) is 0 Å². The standard InChI is InChI=1S/C8H10O3S2/c1-13-8(12)11-6-3-2-5-4-9-7(6)10-5/h2-3,5-7H,4H2,1H3/t5-,6-,7+/m0/s1. The summed E-state index contributed by atoms with van der Waals surface area (Å²) in [5, 5.41) is 0. The smallest absolute Gasteiger partial charge is 0.220 e. The van der Waals surface area contributed by atoms with E-state index in [9.17, 15) is 0 Å². The summed E-state index contributed by atoms with van der Waals surface area (Å²) in [6.45, 7) is 0.618. The number of hydrogen-bond donors (Lipinski definition) is 0. The lowest BCUT2D eigenvalue weighted by atomic mass is 10.2. The molecule has 3 atom stereocenters. The molecule has 0 unspecified atom stereocenters. The van der Waals surface area contributed by atoms with E-state index in [2.05, 4.69) is 0 Å². The van der Waals surface area contributed by atoms with Gasteiger partial charge in [0.2, 0.25) is 4.38 Å². The maximum absolute atomic E-state index is 5.45. The summed E-state index contributed by atoms with van der Waals surface area (Å²) in [6, 6.07) is 0. The second-order valence-electron chi connectivity index (χ2n) is 2.80. The first kappa shape index (κ1) is 9.45. The predicted molar refractivity (Wildman–Crippen MR) is 54.7 cm³/mol. The monoisotopic (exact) mass is 218 g/mol. The molecular weight excluding hydrogens is 208 g/mol. The zero-order valence-electron chi connectivity index (χ0n) is 7.14. The van der Waals surface area contributed by atoms with Gasteiger partial charge in [-0.25, -0.2) is 0 Å². The van der Waals surface area contributed by atoms with Crippen LogP contribution in [0.1, 0.15) is 0 Å². The maximum atomic E-state index is 5.45. The first-order chi connectivity index (χ1) is 6.29. The van der Waals surface area contributed by atoms with Crippen molar-refractivity contribution in [2.75, 3.05) is 12.9 Å². The van der Waals surface area contributed by atoms with Gasteiger partial charge in [0.15, 0.2) is 12.4 Å². The SMILES string of the molecule is CSC(=S)O[C@H]1C=C[C@H]2CO[C@@H]1O2. The second-order valence-corrected chi connectivity index (χ2v) is 4.21. The van der Waals surface area contributed by atoms with E-state index in [0.717, 1.165) is 0 Å². The molecule has 0 spiro atoms. The Labute approximate surface area is 86.4 Å². The minimum Gasteiger partial charge on any atom is -0.466 e. The Bertz CT molecular complexity index is 242. The minimum absolute atomic E-state index is 0.104. The van der Waals surface area contributed by atoms with E-state index < -0.39 is 0 Å². The summed E-state index contributed by atoms with van der Waals surface area (Å²) in [6.07, 6.45) is 5.44. The van der Waals surface area contributed by atoms with E-state index in [4.69, 9.17) is 26.4 Å². The maximum Gasteiger partial charge on any atom is 0.220 e. The zero-order valence-corrected chi connectivity index (χ0v) is 8.77. The van der Waals surface area contributed by atoms with Crippen molar-refractivity contribution >= 4 is 28.4 Å². The molecule has 0 aliphatic carbocycles. The summed E-state index contributed by atoms with van der Waals surface area (Å²) in [7, 11) is 0. The lowest BCUT2D eigenvalue weighted by Gasteiger charge is -2.23. The van der Waals surface area contributed by atoms with Crippen LogP contribution in [0.3, 0.4) is 0 Å². The molecule has 3 nitrogen and oxygen atoms in total. The van der Waals surface area contributed by atoms with Crippen LogP contribution in [0.15, 0.2) is 12.2 Å². The van der Waals surface area contributed by atoms with Gasteiger partial charge in [-0.1, -0.05) is 17.8 Å². The molecule has 0 radical (unpaired) electrons. The number of hydrogen-bond acceptors (Lipinski definition) is 5. The summed E-state index contributed by atoms with van der Waals surface area (Å²) >= 11 is 6.36. The van der Waals surface area contributed by atoms with Crippen molar-refractivity contribution in [3.63, 3.8) is 0 Å². The van der Waals surface area contributed by atoms with Gasteiger partial charge >= 0.3 is 0 Å². The third-order valence-electron chi connectivity index (χ3n) is 1.92. The highest BCUT2D eigenvalue weighted by molar-refractivity contribution is 8.22. The third-order valence-corrected chi connectivity index (χ3v) is 2.94. The quantitative estimate of drug-likeness (QED) is 0.489. The highest BCUT2D eigenvalue weighted by atomic mass is 32.2. The van der Waals surface area contributed by atoms with Gasteiger partial charge in [-0.2, -0.15) is 0 Å². The van der Waals surface area contributed by atoms with Gasteiger partial charge in [0.1, 0.15) is 6.10 Å². The van der Waals surface area contributed by atoms with E-state index in [1.54, 1.807) is 0 Å². The van der Waals surface area contributed by atoms with Gasteiger partial charge in [-0.15, -0.1) is 0 Å². The molecule has 0 N–H and O–H groups in total. The van der Waals surface area contributed by atoms with E-state index in [1.165, 1.54) is 11.8 Å². The number of thiocarbonyl (C=S) groups is 1. The molecule has 2 aliphatic rings. The number of thioether (sulfide) groups is 1. The van der Waals surface area contributed by atoms with E-state index >= 15 is 0 Å². The summed E-state index contributed by atoms with van der Waals surface area (Å²) < 4.78 is 16.8. The lowest BCUT2D eigenvalue weighted by molar-refractivity contribution is -0.109. The molecule has 0 aromatic rings. The Morgan fingerprint density at radius 1 is 1.62 bits per heavy atom. The van der Waals surface area contributed by atoms with Crippen LogP contribution < -0.4 is 0 Å². The average Bonchev–Trinajstić information content (AvgIpc) is 2.54. The van der Waals surface area contributed by atoms with Crippen LogP contribution in [-0.4, -0.2) is 35.7 Å². The topological polar surface area (TPSA) is 27.7 Å². The lowest BCUT2D eigenvalue weighted by Crippen LogP contribution is -2.32. The molecule has 13 heavy (non-hydrogen) atoms. The average molecular weight is 218 g/mol. The first-order valence-corrected chi connectivity index (χ1v) is 5.63. The van der Waals surface area contributed by atoms with Gasteiger partial charge in [-0.3, -0.25) is 0 Å². The summed E-state index contributed by atoms with van der Waals surface area (Å²) in [4.78, 5) is 0. The van der Waals surface area contributed by atoms with Crippen molar-refractivity contribution in [1.82, 2.24) is 0 Å². The molecule has 5 heteroatoms. The molecule has 2 heterocycles. The largest absolute Gasteiger partial charge is 0.466 e. The fourth-order valence-electron chi connectivity index (χ4n) is 1.29. The second kappa shape index (κ2) is 3.96. The van der Waals surface area contributed by atoms with Gasteiger partial charge in [-0.05, 0) is 24.5 Å². The molecule has 1 fully saturated rings. The van der Waals surface area contributed by atoms with Crippen LogP contribution in [0.25, 0.3) is 0 Å². The van der Waals surface area contributed by atoms with Gasteiger partial charge in [0.25, 0.3) is 0 Å². The Balaban J connectivity index is 1.96. The molecule has 2 aliphatic heterocycles. The molecule has 0 saturated carbocycles. The third kappa shape index (κ3) is 2.04. The first-order valence-electron chi connectivity index (χ1n) is 3.99. The Morgan fingerprint density at radius 2 is 2.46 bits per heavy atom. The molecule has 0 aromatic heterocycles. The number of fused-ring (bicyclic) bond motifs is 2. The van der Waals surface area contributed by atoms with Crippen molar-refractivity contribution in [1.29, 1.82) is 0 Å². The van der Waals surface area contributed by atoms with Crippen molar-refractivity contribution in [3.05, 3.63) is 12.2 Å². The fourth-order valence-corrected chi connectivity index (χ4v) is 1.61. The molecule has 0 aromatic carbocycles. The predicted octanol–water partition coefficient (Wildman–Crippen LogP) is 1.33. The Hall–Kier alpha value is -0.100. The van der Waals surface area contributed by atoms with Crippen LogP contribution in [0.2, 0.25) is 0 Å². The van der Waals surface area contributed by atoms with Crippen molar-refractivity contribution in [2.45, 2.75) is 18.5 Å². The Kier molecular flexibility index (Phi) is 2.88. The summed E-state index contributed by atoms with van der Waals surface area (Å²) in [5.74, 6) is 0. The van der Waals surface area contributed by atoms with Gasteiger partial charge < -0.3 is 14.2 Å². The van der Waals surface area contributed by atoms with Gasteiger partial charge in [0, 0.05) is 0 Å². The molecule has 2 rings (SSSR count). The zero-order chi connectivity index (χ0) is 9.26. The normalized spacial score (nSPS) is 36.2. The molecule has 72 valence electrons. The summed E-state index contributed by atoms with van der Waals surface area (Å²) in [5.41, 5.74) is 0. The van der Waals surface area contributed by atoms with E-state index in [-0.39, 0.29) is 18.5 Å². The Morgan fingerprint density at radius 3 is 3.23 bits per heavy atom. The van der Waals surface area contributed by atoms with E-state index in [0.29, 0.717) is 11.0 Å². The highest BCUT2D eigenvalue weighted by Gasteiger charge is 2.35. The molecular formula is C8H10O3S2. The van der Waals surface area contributed by atoms with Crippen LogP contribution in [-0.2, 0) is 14.2 Å². The van der Waals surface area contributed by atoms with Crippen LogP contribution in [0.5, 0.6) is 0 Å². The van der Waals surface area contributed by atoms with Crippen molar-refractivity contribution < 1.29 is 14.2 Å². The van der Waals surface area contributed by atoms with Gasteiger partial charge in [0.05, 0.1) is 6.61 Å². The molecule has 0 amide bonds. The highest BCUT2D eigenvalue weighted by Crippen LogP contribution is 2.24. The van der Waals surface area contributed by atoms with Crippen LogP contribution >= 0.6 is 24.0 Å². The minimum atomic E-state index is -0.278. The van der Waals surface area contributed by atoms with Crippen molar-refractivity contribution in [2.24, 2.45) is 0 Å².